The van der Waals surface area contributed by atoms with Crippen LogP contribution in [0.5, 0.6) is 0 Å². The maximum Gasteiger partial charge on any atom is 0.297 e. The van der Waals surface area contributed by atoms with Crippen molar-refractivity contribution < 1.29 is 19.4 Å². The number of aliphatic hydroxyl groups is 2. The standard InChI is InChI=1S/C17H16FIN4O5/c1-22-14(26)5-13(21-12-3-2-9(19)4-11(12)18)15-16(22)20-8-23(17(15)27)28-7-10(25)6-24/h2-5,8,10,21,24-25H,6-7H2,1H3. The number of rotatable bonds is 6. The minimum absolute atomic E-state index is 0.000961. The molecule has 2 aromatic heterocycles. The maximum absolute atomic E-state index is 14.2. The Morgan fingerprint density at radius 2 is 2.07 bits per heavy atom. The lowest BCUT2D eigenvalue weighted by molar-refractivity contribution is -0.00415. The van der Waals surface area contributed by atoms with Gasteiger partial charge in [0.05, 0.1) is 18.0 Å². The van der Waals surface area contributed by atoms with E-state index in [0.717, 1.165) is 17.1 Å². The number of aryl methyl sites for hydroxylation is 1. The number of nitrogens with zero attached hydrogens (tertiary/aromatic N) is 3. The molecule has 1 aromatic carbocycles. The van der Waals surface area contributed by atoms with Crippen LogP contribution in [0.3, 0.4) is 0 Å². The lowest BCUT2D eigenvalue weighted by atomic mass is 10.2. The predicted octanol–water partition coefficient (Wildman–Crippen LogP) is 0.364. The average molecular weight is 502 g/mol. The number of aliphatic hydroxyl groups excluding tert-OH is 2. The van der Waals surface area contributed by atoms with E-state index in [2.05, 4.69) is 10.3 Å². The Kier molecular flexibility index (Phi) is 5.96. The molecule has 0 radical (unpaired) electrons. The molecular formula is C17H16FIN4O5. The third-order valence-electron chi connectivity index (χ3n) is 3.93. The first kappa shape index (κ1) is 20.2. The SMILES string of the molecule is Cn1c(=O)cc(Nc2ccc(I)cc2F)c2c(=O)n(OCC(O)CO)cnc21. The number of fused-ring (bicyclic) bond motifs is 1. The highest BCUT2D eigenvalue weighted by molar-refractivity contribution is 14.1. The van der Waals surface area contributed by atoms with Gasteiger partial charge in [-0.1, -0.05) is 0 Å². The number of anilines is 2. The van der Waals surface area contributed by atoms with Crippen LogP contribution in [0.25, 0.3) is 11.0 Å². The van der Waals surface area contributed by atoms with Crippen LogP contribution in [-0.4, -0.2) is 43.8 Å². The van der Waals surface area contributed by atoms with Gasteiger partial charge in [-0.2, -0.15) is 0 Å². The van der Waals surface area contributed by atoms with Crippen molar-refractivity contribution in [3.05, 3.63) is 60.7 Å². The van der Waals surface area contributed by atoms with Crippen LogP contribution in [0.1, 0.15) is 0 Å². The molecule has 0 fully saturated rings. The molecule has 3 rings (SSSR count). The zero-order valence-corrected chi connectivity index (χ0v) is 16.8. The molecule has 28 heavy (non-hydrogen) atoms. The van der Waals surface area contributed by atoms with Crippen molar-refractivity contribution in [1.29, 1.82) is 0 Å². The summed E-state index contributed by atoms with van der Waals surface area (Å²) in [6, 6.07) is 5.63. The normalized spacial score (nSPS) is 12.2. The van der Waals surface area contributed by atoms with E-state index in [4.69, 9.17) is 9.94 Å². The van der Waals surface area contributed by atoms with Crippen LogP contribution in [-0.2, 0) is 7.05 Å². The average Bonchev–Trinajstić information content (AvgIpc) is 2.66. The highest BCUT2D eigenvalue weighted by Crippen LogP contribution is 2.24. The fraction of sp³-hybridized carbons (Fsp3) is 0.235. The summed E-state index contributed by atoms with van der Waals surface area (Å²) in [5.41, 5.74) is -0.882. The Morgan fingerprint density at radius 1 is 1.32 bits per heavy atom. The molecule has 1 atom stereocenters. The predicted molar refractivity (Wildman–Crippen MR) is 108 cm³/mol. The summed E-state index contributed by atoms with van der Waals surface area (Å²) >= 11 is 1.96. The molecule has 0 bridgehead atoms. The molecule has 0 aliphatic heterocycles. The zero-order chi connectivity index (χ0) is 20.4. The molecule has 11 heteroatoms. The molecule has 0 amide bonds. The highest BCUT2D eigenvalue weighted by Gasteiger charge is 2.16. The van der Waals surface area contributed by atoms with Crippen LogP contribution in [0.15, 0.2) is 40.2 Å². The number of aromatic nitrogens is 3. The molecule has 0 saturated heterocycles. The smallest absolute Gasteiger partial charge is 0.297 e. The third-order valence-corrected chi connectivity index (χ3v) is 4.60. The van der Waals surface area contributed by atoms with Crippen LogP contribution in [0, 0.1) is 9.39 Å². The monoisotopic (exact) mass is 502 g/mol. The third kappa shape index (κ3) is 4.00. The fourth-order valence-electron chi connectivity index (χ4n) is 2.46. The Labute approximate surface area is 171 Å². The Balaban J connectivity index is 2.14. The summed E-state index contributed by atoms with van der Waals surface area (Å²) in [6.07, 6.45) is -0.120. The number of pyridine rings is 1. The lowest BCUT2D eigenvalue weighted by Crippen LogP contribution is -2.34. The van der Waals surface area contributed by atoms with Gasteiger partial charge in [0.2, 0.25) is 0 Å². The second-order valence-electron chi connectivity index (χ2n) is 5.91. The van der Waals surface area contributed by atoms with Gasteiger partial charge in [-0.15, -0.1) is 4.73 Å². The van der Waals surface area contributed by atoms with Crippen molar-refractivity contribution in [1.82, 2.24) is 14.3 Å². The van der Waals surface area contributed by atoms with Crippen molar-refractivity contribution in [2.24, 2.45) is 7.05 Å². The van der Waals surface area contributed by atoms with Crippen LogP contribution in [0.4, 0.5) is 15.8 Å². The number of hydrogen-bond acceptors (Lipinski definition) is 7. The van der Waals surface area contributed by atoms with Gasteiger partial charge >= 0.3 is 0 Å². The van der Waals surface area contributed by atoms with Gasteiger partial charge < -0.3 is 20.4 Å². The zero-order valence-electron chi connectivity index (χ0n) is 14.6. The van der Waals surface area contributed by atoms with Gasteiger partial charge in [0.25, 0.3) is 11.1 Å². The molecule has 2 heterocycles. The van der Waals surface area contributed by atoms with Crippen molar-refractivity contribution in [3.63, 3.8) is 0 Å². The quantitative estimate of drug-likeness (QED) is 0.417. The first-order chi connectivity index (χ1) is 13.3. The van der Waals surface area contributed by atoms with Crippen LogP contribution in [0.2, 0.25) is 0 Å². The summed E-state index contributed by atoms with van der Waals surface area (Å²) in [6.45, 7) is -0.882. The van der Waals surface area contributed by atoms with E-state index < -0.39 is 29.6 Å². The van der Waals surface area contributed by atoms with Crippen LogP contribution >= 0.6 is 22.6 Å². The number of halogens is 2. The first-order valence-corrected chi connectivity index (χ1v) is 9.15. The lowest BCUT2D eigenvalue weighted by Gasteiger charge is -2.15. The van der Waals surface area contributed by atoms with Gasteiger partial charge in [-0.05, 0) is 40.8 Å². The second-order valence-corrected chi connectivity index (χ2v) is 7.16. The minimum atomic E-state index is -1.18. The van der Waals surface area contributed by atoms with Gasteiger partial charge in [0.15, 0.2) is 5.65 Å². The van der Waals surface area contributed by atoms with E-state index in [-0.39, 0.29) is 29.0 Å². The van der Waals surface area contributed by atoms with E-state index in [9.17, 15) is 19.1 Å². The molecule has 3 N–H and O–H groups in total. The molecule has 9 nitrogen and oxygen atoms in total. The number of nitrogens with one attached hydrogen (secondary N) is 1. The molecule has 0 aliphatic rings. The molecular weight excluding hydrogens is 486 g/mol. The van der Waals surface area contributed by atoms with Gasteiger partial charge in [0.1, 0.15) is 30.2 Å². The number of hydrogen-bond donors (Lipinski definition) is 3. The molecule has 0 saturated carbocycles. The molecule has 3 aromatic rings. The first-order valence-electron chi connectivity index (χ1n) is 8.07. The summed E-state index contributed by atoms with van der Waals surface area (Å²) in [5, 5.41) is 21.0. The van der Waals surface area contributed by atoms with E-state index in [1.54, 1.807) is 6.07 Å². The summed E-state index contributed by atoms with van der Waals surface area (Å²) in [5.74, 6) is -0.549. The Bertz CT molecular complexity index is 1150. The maximum atomic E-state index is 14.2. The molecule has 1 unspecified atom stereocenters. The molecule has 148 valence electrons. The van der Waals surface area contributed by atoms with E-state index in [1.807, 2.05) is 22.6 Å². The van der Waals surface area contributed by atoms with Crippen LogP contribution < -0.4 is 21.3 Å². The Hall–Kier alpha value is -2.51. The summed E-state index contributed by atoms with van der Waals surface area (Å²) in [7, 11) is 1.45. The second kappa shape index (κ2) is 8.24. The minimum Gasteiger partial charge on any atom is -0.406 e. The van der Waals surface area contributed by atoms with Gasteiger partial charge in [-0.3, -0.25) is 14.2 Å². The van der Waals surface area contributed by atoms with Crippen molar-refractivity contribution in [2.45, 2.75) is 6.10 Å². The van der Waals surface area contributed by atoms with E-state index >= 15 is 0 Å². The van der Waals surface area contributed by atoms with Gasteiger partial charge in [0, 0.05) is 16.7 Å². The van der Waals surface area contributed by atoms with E-state index in [0.29, 0.717) is 3.57 Å². The van der Waals surface area contributed by atoms with E-state index in [1.165, 1.54) is 23.7 Å². The van der Waals surface area contributed by atoms with Gasteiger partial charge in [-0.25, -0.2) is 9.37 Å². The highest BCUT2D eigenvalue weighted by atomic mass is 127. The molecule has 0 aliphatic carbocycles. The van der Waals surface area contributed by atoms with Crippen molar-refractivity contribution in [2.75, 3.05) is 18.5 Å². The fourth-order valence-corrected chi connectivity index (χ4v) is 2.92. The van der Waals surface area contributed by atoms with Crippen molar-refractivity contribution in [3.8, 4) is 0 Å². The molecule has 0 spiro atoms. The summed E-state index contributed by atoms with van der Waals surface area (Å²) in [4.78, 5) is 34.3. The number of benzene rings is 1. The largest absolute Gasteiger partial charge is 0.406 e. The van der Waals surface area contributed by atoms with Crippen molar-refractivity contribution >= 4 is 45.0 Å². The Morgan fingerprint density at radius 3 is 2.75 bits per heavy atom. The summed E-state index contributed by atoms with van der Waals surface area (Å²) < 4.78 is 16.9. The topological polar surface area (TPSA) is 119 Å².